The molecule has 0 aliphatic carbocycles. The van der Waals surface area contributed by atoms with Crippen molar-refractivity contribution in [1.29, 1.82) is 0 Å². The second-order valence-corrected chi connectivity index (χ2v) is 8.72. The van der Waals surface area contributed by atoms with Gasteiger partial charge in [-0.25, -0.2) is 9.59 Å². The monoisotopic (exact) mass is 470 g/mol. The van der Waals surface area contributed by atoms with Crippen molar-refractivity contribution in [2.45, 2.75) is 33.1 Å². The number of carbonyl (C=O) groups excluding carboxylic acids is 2. The molecule has 3 aromatic rings. The molecule has 0 saturated heterocycles. The minimum absolute atomic E-state index is 0.191. The zero-order valence-electron chi connectivity index (χ0n) is 19.0. The third-order valence-electron chi connectivity index (χ3n) is 4.60. The normalized spacial score (nSPS) is 11.1. The van der Waals surface area contributed by atoms with Crippen molar-refractivity contribution in [1.82, 2.24) is 10.2 Å². The Balaban J connectivity index is 1.87. The van der Waals surface area contributed by atoms with Gasteiger partial charge in [-0.15, -0.1) is 0 Å². The van der Waals surface area contributed by atoms with Crippen molar-refractivity contribution >= 4 is 35.1 Å². The van der Waals surface area contributed by atoms with Crippen LogP contribution in [0.4, 0.5) is 16.3 Å². The molecule has 2 amide bonds. The zero-order valence-corrected chi connectivity index (χ0v) is 19.7. The van der Waals surface area contributed by atoms with E-state index in [-0.39, 0.29) is 12.0 Å². The molecule has 0 aliphatic heterocycles. The number of esters is 1. The molecule has 9 heteroatoms. The predicted molar refractivity (Wildman–Crippen MR) is 129 cm³/mol. The third-order valence-corrected chi connectivity index (χ3v) is 4.85. The molecule has 174 valence electrons. The van der Waals surface area contributed by atoms with Crippen molar-refractivity contribution in [3.63, 3.8) is 0 Å². The van der Waals surface area contributed by atoms with Gasteiger partial charge in [-0.05, 0) is 48.9 Å². The highest BCUT2D eigenvalue weighted by Gasteiger charge is 2.26. The fourth-order valence-electron chi connectivity index (χ4n) is 3.15. The first kappa shape index (κ1) is 24.1. The van der Waals surface area contributed by atoms with E-state index in [1.54, 1.807) is 43.3 Å². The second-order valence-electron chi connectivity index (χ2n) is 8.28. The predicted octanol–water partition coefficient (Wildman–Crippen LogP) is 5.61. The average molecular weight is 471 g/mol. The molecule has 0 saturated carbocycles. The molecule has 1 heterocycles. The smallest absolute Gasteiger partial charge is 0.344 e. The number of hydrogen-bond acceptors (Lipinski definition) is 5. The largest absolute Gasteiger partial charge is 0.482 e. The van der Waals surface area contributed by atoms with Gasteiger partial charge in [0.05, 0.1) is 12.3 Å². The number of hydrogen-bond donors (Lipinski definition) is 3. The Morgan fingerprint density at radius 1 is 1.09 bits per heavy atom. The van der Waals surface area contributed by atoms with Crippen molar-refractivity contribution in [2.75, 3.05) is 23.8 Å². The summed E-state index contributed by atoms with van der Waals surface area (Å²) in [6, 6.07) is 13.6. The molecular formula is C24H27ClN4O4. The van der Waals surface area contributed by atoms with Crippen molar-refractivity contribution in [2.24, 2.45) is 0 Å². The maximum Gasteiger partial charge on any atom is 0.344 e. The topological polar surface area (TPSA) is 105 Å². The number of aromatic nitrogens is 2. The summed E-state index contributed by atoms with van der Waals surface area (Å²) in [7, 11) is 0. The number of ether oxygens (including phenoxy) is 2. The maximum atomic E-state index is 12.6. The van der Waals surface area contributed by atoms with E-state index in [4.69, 9.17) is 21.1 Å². The van der Waals surface area contributed by atoms with Gasteiger partial charge in [-0.2, -0.15) is 5.10 Å². The van der Waals surface area contributed by atoms with E-state index in [9.17, 15) is 9.59 Å². The number of carbonyl (C=O) groups is 2. The summed E-state index contributed by atoms with van der Waals surface area (Å²) in [6.07, 6.45) is 0. The summed E-state index contributed by atoms with van der Waals surface area (Å²) in [4.78, 5) is 24.3. The summed E-state index contributed by atoms with van der Waals surface area (Å²) in [6.45, 7) is 7.94. The molecule has 8 nitrogen and oxygen atoms in total. The fourth-order valence-corrected chi connectivity index (χ4v) is 3.28. The molecule has 0 spiro atoms. The highest BCUT2D eigenvalue weighted by Crippen LogP contribution is 2.37. The summed E-state index contributed by atoms with van der Waals surface area (Å²) < 4.78 is 10.5. The first-order valence-corrected chi connectivity index (χ1v) is 10.9. The van der Waals surface area contributed by atoms with E-state index < -0.39 is 12.0 Å². The third kappa shape index (κ3) is 6.49. The van der Waals surface area contributed by atoms with Gasteiger partial charge < -0.3 is 14.8 Å². The second kappa shape index (κ2) is 10.4. The lowest BCUT2D eigenvalue weighted by atomic mass is 9.87. The number of halogens is 1. The highest BCUT2D eigenvalue weighted by atomic mass is 35.5. The number of urea groups is 1. The van der Waals surface area contributed by atoms with Crippen LogP contribution in [0.3, 0.4) is 0 Å². The van der Waals surface area contributed by atoms with E-state index in [1.165, 1.54) is 0 Å². The van der Waals surface area contributed by atoms with E-state index >= 15 is 0 Å². The van der Waals surface area contributed by atoms with Crippen molar-refractivity contribution < 1.29 is 19.1 Å². The number of aromatic amines is 1. The molecule has 0 aliphatic rings. The van der Waals surface area contributed by atoms with Gasteiger partial charge in [-0.1, -0.05) is 44.5 Å². The molecule has 2 aromatic carbocycles. The first-order valence-electron chi connectivity index (χ1n) is 10.5. The molecule has 0 unspecified atom stereocenters. The van der Waals surface area contributed by atoms with Gasteiger partial charge in [0.15, 0.2) is 6.61 Å². The Labute approximate surface area is 197 Å². The van der Waals surface area contributed by atoms with Gasteiger partial charge >= 0.3 is 12.0 Å². The lowest BCUT2D eigenvalue weighted by molar-refractivity contribution is -0.145. The van der Waals surface area contributed by atoms with Crippen molar-refractivity contribution in [3.8, 4) is 16.9 Å². The lowest BCUT2D eigenvalue weighted by Crippen LogP contribution is -2.20. The summed E-state index contributed by atoms with van der Waals surface area (Å²) in [5.41, 5.74) is 2.57. The Morgan fingerprint density at radius 2 is 1.82 bits per heavy atom. The van der Waals surface area contributed by atoms with Gasteiger partial charge in [0, 0.05) is 21.7 Å². The Hall–Kier alpha value is -3.52. The molecule has 33 heavy (non-hydrogen) atoms. The van der Waals surface area contributed by atoms with Gasteiger partial charge in [0.2, 0.25) is 0 Å². The first-order chi connectivity index (χ1) is 15.7. The van der Waals surface area contributed by atoms with E-state index in [1.807, 2.05) is 32.9 Å². The number of nitrogens with zero attached hydrogens (tertiary/aromatic N) is 1. The van der Waals surface area contributed by atoms with Crippen LogP contribution >= 0.6 is 11.6 Å². The highest BCUT2D eigenvalue weighted by molar-refractivity contribution is 6.30. The molecule has 3 rings (SSSR count). The summed E-state index contributed by atoms with van der Waals surface area (Å²) in [5.74, 6) is 0.495. The van der Waals surface area contributed by atoms with Crippen LogP contribution in [0, 0.1) is 0 Å². The summed E-state index contributed by atoms with van der Waals surface area (Å²) in [5, 5.41) is 13.6. The van der Waals surface area contributed by atoms with Crippen LogP contribution in [-0.4, -0.2) is 35.4 Å². The Bertz CT molecular complexity index is 1120. The van der Waals surface area contributed by atoms with Crippen LogP contribution in [0.15, 0.2) is 48.5 Å². The van der Waals surface area contributed by atoms with Crippen LogP contribution in [-0.2, 0) is 14.9 Å². The van der Waals surface area contributed by atoms with Gasteiger partial charge in [0.1, 0.15) is 11.6 Å². The molecule has 1 aromatic heterocycles. The number of nitrogens with one attached hydrogen (secondary N) is 3. The number of benzene rings is 2. The molecule has 3 N–H and O–H groups in total. The van der Waals surface area contributed by atoms with Gasteiger partial charge in [0.25, 0.3) is 0 Å². The van der Waals surface area contributed by atoms with Crippen LogP contribution in [0.25, 0.3) is 11.1 Å². The minimum atomic E-state index is -0.442. The SMILES string of the molecule is CCOC(=O)COc1cccc(-c2c(C(C)(C)C)n[nH]c2NC(=O)Nc2ccc(Cl)cc2)c1. The number of H-pyrrole nitrogens is 1. The number of anilines is 2. The Morgan fingerprint density at radius 3 is 2.48 bits per heavy atom. The van der Waals surface area contributed by atoms with E-state index in [0.717, 1.165) is 16.8 Å². The van der Waals surface area contributed by atoms with Crippen LogP contribution in [0.5, 0.6) is 5.75 Å². The summed E-state index contributed by atoms with van der Waals surface area (Å²) >= 11 is 5.90. The number of rotatable bonds is 7. The molecule has 0 radical (unpaired) electrons. The van der Waals surface area contributed by atoms with E-state index in [2.05, 4.69) is 20.8 Å². The van der Waals surface area contributed by atoms with Crippen LogP contribution in [0.2, 0.25) is 5.02 Å². The minimum Gasteiger partial charge on any atom is -0.482 e. The Kier molecular flexibility index (Phi) is 7.60. The molecule has 0 atom stereocenters. The maximum absolute atomic E-state index is 12.6. The van der Waals surface area contributed by atoms with E-state index in [0.29, 0.717) is 28.9 Å². The fraction of sp³-hybridized carbons (Fsp3) is 0.292. The lowest BCUT2D eigenvalue weighted by Gasteiger charge is -2.18. The van der Waals surface area contributed by atoms with Crippen molar-refractivity contribution in [3.05, 3.63) is 59.2 Å². The number of amides is 2. The van der Waals surface area contributed by atoms with Gasteiger partial charge in [-0.3, -0.25) is 10.4 Å². The zero-order chi connectivity index (χ0) is 24.0. The molecule has 0 fully saturated rings. The van der Waals surface area contributed by atoms with Crippen LogP contribution in [0.1, 0.15) is 33.4 Å². The molecular weight excluding hydrogens is 444 g/mol. The average Bonchev–Trinajstić information content (AvgIpc) is 3.18. The van der Waals surface area contributed by atoms with Crippen LogP contribution < -0.4 is 15.4 Å². The quantitative estimate of drug-likeness (QED) is 0.389. The standard InChI is InChI=1S/C24H27ClN4O4/c1-5-32-19(30)14-33-18-8-6-7-15(13-18)20-21(24(2,3)4)28-29-22(20)27-23(31)26-17-11-9-16(25)10-12-17/h6-13H,5,14H2,1-4H3,(H3,26,27,28,29,31). The molecule has 0 bridgehead atoms.